The third-order valence-electron chi connectivity index (χ3n) is 2.33. The van der Waals surface area contributed by atoms with Crippen LogP contribution >= 0.6 is 0 Å². The van der Waals surface area contributed by atoms with Crippen LogP contribution in [0, 0.1) is 0 Å². The van der Waals surface area contributed by atoms with Gasteiger partial charge in [0, 0.05) is 23.5 Å². The summed E-state index contributed by atoms with van der Waals surface area (Å²) in [5.74, 6) is 4.23. The van der Waals surface area contributed by atoms with Gasteiger partial charge in [0.05, 0.1) is 7.11 Å². The molecule has 0 amide bonds. The lowest BCUT2D eigenvalue weighted by atomic mass is 10.1. The van der Waals surface area contributed by atoms with Gasteiger partial charge in [-0.2, -0.15) is 4.89 Å². The SMILES string of the molecule is CNc1ccc(OOC)c2ccccc12.NO. The van der Waals surface area contributed by atoms with Gasteiger partial charge in [-0.1, -0.05) is 24.3 Å². The molecule has 5 nitrogen and oxygen atoms in total. The molecule has 0 bridgehead atoms. The Bertz CT molecular complexity index is 474. The molecule has 0 unspecified atom stereocenters. The molecule has 5 heteroatoms. The van der Waals surface area contributed by atoms with E-state index in [0.29, 0.717) is 0 Å². The van der Waals surface area contributed by atoms with Gasteiger partial charge in [-0.15, -0.1) is 0 Å². The topological polar surface area (TPSA) is 76.7 Å². The summed E-state index contributed by atoms with van der Waals surface area (Å²) in [5, 5.41) is 11.8. The van der Waals surface area contributed by atoms with Gasteiger partial charge in [0.25, 0.3) is 0 Å². The first-order valence-electron chi connectivity index (χ1n) is 5.03. The standard InChI is InChI=1S/C12H13NO2.H3NO/c1-13-11-7-8-12(15-14-2)10-6-4-3-5-9(10)11;1-2/h3-8,13H,1-2H3;2H,1H2. The summed E-state index contributed by atoms with van der Waals surface area (Å²) in [6.45, 7) is 0. The summed E-state index contributed by atoms with van der Waals surface area (Å²) in [7, 11) is 3.40. The molecule has 0 aliphatic heterocycles. The van der Waals surface area contributed by atoms with Crippen molar-refractivity contribution in [1.29, 1.82) is 0 Å². The summed E-state index contributed by atoms with van der Waals surface area (Å²) >= 11 is 0. The summed E-state index contributed by atoms with van der Waals surface area (Å²) in [6, 6.07) is 11.9. The Morgan fingerprint density at radius 2 is 1.71 bits per heavy atom. The van der Waals surface area contributed by atoms with Crippen molar-refractivity contribution in [3.63, 3.8) is 0 Å². The minimum Gasteiger partial charge on any atom is -0.388 e. The fourth-order valence-corrected chi connectivity index (χ4v) is 1.65. The zero-order valence-electron chi connectivity index (χ0n) is 9.81. The van der Waals surface area contributed by atoms with Gasteiger partial charge in [0.15, 0.2) is 5.75 Å². The predicted octanol–water partition coefficient (Wildman–Crippen LogP) is 2.16. The van der Waals surface area contributed by atoms with Crippen molar-refractivity contribution in [1.82, 2.24) is 0 Å². The lowest BCUT2D eigenvalue weighted by molar-refractivity contribution is -0.176. The van der Waals surface area contributed by atoms with Crippen LogP contribution in [-0.2, 0) is 4.89 Å². The Balaban J connectivity index is 0.000000686. The van der Waals surface area contributed by atoms with Crippen molar-refractivity contribution < 1.29 is 15.0 Å². The molecular formula is C12H16N2O3. The molecule has 0 saturated carbocycles. The Morgan fingerprint density at radius 1 is 1.06 bits per heavy atom. The summed E-state index contributed by atoms with van der Waals surface area (Å²) in [5.41, 5.74) is 1.08. The van der Waals surface area contributed by atoms with Crippen LogP contribution in [0.5, 0.6) is 5.75 Å². The Morgan fingerprint density at radius 3 is 2.29 bits per heavy atom. The highest BCUT2D eigenvalue weighted by Gasteiger charge is 2.05. The maximum atomic E-state index is 6.50. The van der Waals surface area contributed by atoms with Gasteiger partial charge in [0.2, 0.25) is 0 Å². The van der Waals surface area contributed by atoms with Crippen molar-refractivity contribution >= 4 is 16.5 Å². The molecule has 0 aromatic heterocycles. The first kappa shape index (κ1) is 13.2. The largest absolute Gasteiger partial charge is 0.388 e. The molecule has 0 aliphatic carbocycles. The third kappa shape index (κ3) is 2.85. The lowest BCUT2D eigenvalue weighted by Crippen LogP contribution is -1.94. The molecule has 4 N–H and O–H groups in total. The van der Waals surface area contributed by atoms with Crippen molar-refractivity contribution in [2.24, 2.45) is 5.90 Å². The van der Waals surface area contributed by atoms with E-state index >= 15 is 0 Å². The van der Waals surface area contributed by atoms with Crippen LogP contribution in [0.1, 0.15) is 0 Å². The second-order valence-corrected chi connectivity index (χ2v) is 3.16. The Labute approximate surface area is 99.6 Å². The number of rotatable bonds is 3. The second-order valence-electron chi connectivity index (χ2n) is 3.16. The van der Waals surface area contributed by atoms with Gasteiger partial charge in [-0.25, -0.2) is 5.90 Å². The molecule has 2 aromatic rings. The van der Waals surface area contributed by atoms with Crippen LogP contribution in [-0.4, -0.2) is 19.4 Å². The number of benzene rings is 2. The summed E-state index contributed by atoms with van der Waals surface area (Å²) in [4.78, 5) is 9.78. The minimum absolute atomic E-state index is 0.729. The van der Waals surface area contributed by atoms with E-state index in [9.17, 15) is 0 Å². The Hall–Kier alpha value is -1.82. The first-order chi connectivity index (χ1) is 8.36. The number of anilines is 1. The maximum Gasteiger partial charge on any atom is 0.173 e. The number of nitrogens with two attached hydrogens (primary N) is 1. The van der Waals surface area contributed by atoms with E-state index in [-0.39, 0.29) is 0 Å². The zero-order valence-corrected chi connectivity index (χ0v) is 9.81. The summed E-state index contributed by atoms with van der Waals surface area (Å²) in [6.07, 6.45) is 0. The molecule has 0 radical (unpaired) electrons. The van der Waals surface area contributed by atoms with Crippen molar-refractivity contribution in [3.8, 4) is 5.75 Å². The van der Waals surface area contributed by atoms with Gasteiger partial charge in [-0.05, 0) is 12.1 Å². The smallest absolute Gasteiger partial charge is 0.173 e. The van der Waals surface area contributed by atoms with Gasteiger partial charge >= 0.3 is 0 Å². The molecule has 0 spiro atoms. The van der Waals surface area contributed by atoms with Gasteiger partial charge in [-0.3, -0.25) is 0 Å². The minimum atomic E-state index is 0.729. The Kier molecular flexibility index (Phi) is 5.22. The fraction of sp³-hybridized carbons (Fsp3) is 0.167. The number of hydrogen-bond acceptors (Lipinski definition) is 5. The second kappa shape index (κ2) is 6.70. The van der Waals surface area contributed by atoms with E-state index in [1.807, 2.05) is 43.4 Å². The molecule has 92 valence electrons. The molecule has 0 fully saturated rings. The van der Waals surface area contributed by atoms with Crippen LogP contribution in [0.4, 0.5) is 5.69 Å². The molecule has 0 atom stereocenters. The number of nitrogens with one attached hydrogen (secondary N) is 1. The molecule has 0 aliphatic rings. The van der Waals surface area contributed by atoms with Crippen molar-refractivity contribution in [2.45, 2.75) is 0 Å². The fourth-order valence-electron chi connectivity index (χ4n) is 1.65. The quantitative estimate of drug-likeness (QED) is 0.562. The normalized spacial score (nSPS) is 9.41. The van der Waals surface area contributed by atoms with E-state index in [2.05, 4.69) is 16.1 Å². The monoisotopic (exact) mass is 236 g/mol. The maximum absolute atomic E-state index is 6.50. The molecule has 17 heavy (non-hydrogen) atoms. The van der Waals surface area contributed by atoms with Crippen LogP contribution in [0.25, 0.3) is 10.8 Å². The van der Waals surface area contributed by atoms with Crippen LogP contribution in [0.3, 0.4) is 0 Å². The van der Waals surface area contributed by atoms with Gasteiger partial charge in [0.1, 0.15) is 0 Å². The molecular weight excluding hydrogens is 220 g/mol. The van der Waals surface area contributed by atoms with Crippen LogP contribution < -0.4 is 16.1 Å². The highest BCUT2D eigenvalue weighted by Crippen LogP contribution is 2.31. The third-order valence-corrected chi connectivity index (χ3v) is 2.33. The number of fused-ring (bicyclic) bond motifs is 1. The van der Waals surface area contributed by atoms with E-state index in [0.717, 1.165) is 22.2 Å². The van der Waals surface area contributed by atoms with Gasteiger partial charge < -0.3 is 15.4 Å². The van der Waals surface area contributed by atoms with E-state index in [1.54, 1.807) is 0 Å². The van der Waals surface area contributed by atoms with E-state index < -0.39 is 0 Å². The summed E-state index contributed by atoms with van der Waals surface area (Å²) < 4.78 is 0. The van der Waals surface area contributed by atoms with Crippen LogP contribution in [0.15, 0.2) is 36.4 Å². The number of hydrogen-bond donors (Lipinski definition) is 3. The molecule has 0 saturated heterocycles. The highest BCUT2D eigenvalue weighted by atomic mass is 17.2. The van der Waals surface area contributed by atoms with Crippen molar-refractivity contribution in [3.05, 3.63) is 36.4 Å². The average molecular weight is 236 g/mol. The highest BCUT2D eigenvalue weighted by molar-refractivity contribution is 5.97. The van der Waals surface area contributed by atoms with E-state index in [4.69, 9.17) is 10.1 Å². The molecule has 0 heterocycles. The predicted molar refractivity (Wildman–Crippen MR) is 67.1 cm³/mol. The lowest BCUT2D eigenvalue weighted by Gasteiger charge is -2.09. The van der Waals surface area contributed by atoms with E-state index in [1.165, 1.54) is 7.11 Å². The van der Waals surface area contributed by atoms with Crippen molar-refractivity contribution in [2.75, 3.05) is 19.5 Å². The molecule has 2 aromatic carbocycles. The zero-order chi connectivity index (χ0) is 12.7. The average Bonchev–Trinajstić information content (AvgIpc) is 2.42. The molecule has 2 rings (SSSR count). The first-order valence-corrected chi connectivity index (χ1v) is 5.03. The van der Waals surface area contributed by atoms with Crippen LogP contribution in [0.2, 0.25) is 0 Å².